The molecule has 0 N–H and O–H groups in total. The molecule has 0 spiro atoms. The first-order valence-corrected chi connectivity index (χ1v) is 7.65. The molecule has 5 nitrogen and oxygen atoms in total. The minimum Gasteiger partial charge on any atom is -0.467 e. The highest BCUT2D eigenvalue weighted by Crippen LogP contribution is 2.41. The topological polar surface area (TPSA) is 59.8 Å². The molecule has 0 bridgehead atoms. The van der Waals surface area contributed by atoms with Crippen molar-refractivity contribution in [1.82, 2.24) is 4.90 Å². The van der Waals surface area contributed by atoms with Crippen molar-refractivity contribution in [3.63, 3.8) is 0 Å². The lowest BCUT2D eigenvalue weighted by atomic mass is 9.84. The lowest BCUT2D eigenvalue weighted by Gasteiger charge is -2.32. The van der Waals surface area contributed by atoms with Gasteiger partial charge in [-0.1, -0.05) is 12.8 Å². The predicted octanol–water partition coefficient (Wildman–Crippen LogP) is 2.88. The second-order valence-corrected chi connectivity index (χ2v) is 6.08. The van der Waals surface area contributed by atoms with Crippen molar-refractivity contribution in [2.24, 2.45) is 5.92 Å². The average molecular weight is 312 g/mol. The third kappa shape index (κ3) is 2.55. The van der Waals surface area contributed by atoms with E-state index in [2.05, 4.69) is 0 Å². The number of ether oxygens (including phenoxy) is 1. The van der Waals surface area contributed by atoms with E-state index in [9.17, 15) is 9.59 Å². The van der Waals surface area contributed by atoms with Gasteiger partial charge in [0.2, 0.25) is 0 Å². The van der Waals surface area contributed by atoms with Crippen LogP contribution in [0.1, 0.15) is 42.7 Å². The summed E-state index contributed by atoms with van der Waals surface area (Å²) in [4.78, 5) is 26.4. The predicted molar refractivity (Wildman–Crippen MR) is 76.1 cm³/mol. The Morgan fingerprint density at radius 2 is 2.10 bits per heavy atom. The van der Waals surface area contributed by atoms with Gasteiger partial charge in [0.25, 0.3) is 5.91 Å². The van der Waals surface area contributed by atoms with Gasteiger partial charge in [0.1, 0.15) is 6.04 Å². The van der Waals surface area contributed by atoms with Crippen molar-refractivity contribution in [2.75, 3.05) is 7.11 Å². The molecular formula is C15H18ClNO4. The van der Waals surface area contributed by atoms with E-state index < -0.39 is 6.04 Å². The summed E-state index contributed by atoms with van der Waals surface area (Å²) in [7, 11) is 1.36. The summed E-state index contributed by atoms with van der Waals surface area (Å²) in [5, 5.41) is 0.173. The molecule has 3 atom stereocenters. The van der Waals surface area contributed by atoms with Gasteiger partial charge in [-0.15, -0.1) is 0 Å². The van der Waals surface area contributed by atoms with Gasteiger partial charge < -0.3 is 14.1 Å². The highest BCUT2D eigenvalue weighted by molar-refractivity contribution is 6.29. The summed E-state index contributed by atoms with van der Waals surface area (Å²) in [6.45, 7) is 0. The average Bonchev–Trinajstić information content (AvgIpc) is 3.09. The number of likely N-dealkylation sites (tertiary alicyclic amines) is 1. The van der Waals surface area contributed by atoms with Crippen molar-refractivity contribution >= 4 is 23.5 Å². The van der Waals surface area contributed by atoms with Crippen LogP contribution in [0.4, 0.5) is 0 Å². The molecular weight excluding hydrogens is 294 g/mol. The first-order valence-electron chi connectivity index (χ1n) is 7.27. The molecule has 21 heavy (non-hydrogen) atoms. The third-order valence-electron chi connectivity index (χ3n) is 4.58. The van der Waals surface area contributed by atoms with Crippen LogP contribution in [0.5, 0.6) is 0 Å². The maximum atomic E-state index is 12.7. The van der Waals surface area contributed by atoms with Crippen LogP contribution < -0.4 is 0 Å². The molecule has 2 heterocycles. The van der Waals surface area contributed by atoms with Crippen LogP contribution in [-0.4, -0.2) is 36.0 Å². The minimum atomic E-state index is -0.514. The number of hydrogen-bond donors (Lipinski definition) is 0. The largest absolute Gasteiger partial charge is 0.467 e. The Morgan fingerprint density at radius 1 is 1.33 bits per heavy atom. The van der Waals surface area contributed by atoms with E-state index in [0.717, 1.165) is 25.7 Å². The minimum absolute atomic E-state index is 0.0965. The maximum absolute atomic E-state index is 12.7. The van der Waals surface area contributed by atoms with E-state index in [-0.39, 0.29) is 28.9 Å². The SMILES string of the molecule is COC(=O)C1CC2CCCCC2N1C(=O)c1ccc(Cl)o1. The lowest BCUT2D eigenvalue weighted by Crippen LogP contribution is -2.46. The van der Waals surface area contributed by atoms with Crippen LogP contribution in [0, 0.1) is 5.92 Å². The van der Waals surface area contributed by atoms with Crippen LogP contribution in [0.15, 0.2) is 16.5 Å². The van der Waals surface area contributed by atoms with Crippen LogP contribution in [0.25, 0.3) is 0 Å². The van der Waals surface area contributed by atoms with E-state index in [1.54, 1.807) is 11.0 Å². The van der Waals surface area contributed by atoms with E-state index in [0.29, 0.717) is 12.3 Å². The van der Waals surface area contributed by atoms with Gasteiger partial charge in [0.05, 0.1) is 7.11 Å². The van der Waals surface area contributed by atoms with Gasteiger partial charge in [-0.2, -0.15) is 0 Å². The van der Waals surface area contributed by atoms with Crippen LogP contribution in [0.2, 0.25) is 5.22 Å². The molecule has 114 valence electrons. The van der Waals surface area contributed by atoms with Gasteiger partial charge in [0, 0.05) is 6.04 Å². The highest BCUT2D eigenvalue weighted by Gasteiger charge is 2.48. The normalized spacial score (nSPS) is 28.3. The number of rotatable bonds is 2. The van der Waals surface area contributed by atoms with Gasteiger partial charge in [0.15, 0.2) is 11.0 Å². The second-order valence-electron chi connectivity index (χ2n) is 5.70. The van der Waals surface area contributed by atoms with E-state index in [1.165, 1.54) is 13.2 Å². The number of hydrogen-bond acceptors (Lipinski definition) is 4. The first kappa shape index (κ1) is 14.4. The van der Waals surface area contributed by atoms with Gasteiger partial charge in [-0.3, -0.25) is 4.79 Å². The van der Waals surface area contributed by atoms with Crippen LogP contribution in [-0.2, 0) is 9.53 Å². The molecule has 1 saturated heterocycles. The van der Waals surface area contributed by atoms with Crippen molar-refractivity contribution < 1.29 is 18.7 Å². The molecule has 0 aromatic carbocycles. The van der Waals surface area contributed by atoms with E-state index in [1.807, 2.05) is 0 Å². The maximum Gasteiger partial charge on any atom is 0.328 e. The molecule has 1 aliphatic carbocycles. The fraction of sp³-hybridized carbons (Fsp3) is 0.600. The number of methoxy groups -OCH3 is 1. The van der Waals surface area contributed by atoms with Crippen molar-refractivity contribution in [1.29, 1.82) is 0 Å². The number of carbonyl (C=O) groups excluding carboxylic acids is 2. The molecule has 2 fully saturated rings. The second kappa shape index (κ2) is 5.72. The molecule has 1 aromatic rings. The third-order valence-corrected chi connectivity index (χ3v) is 4.78. The summed E-state index contributed by atoms with van der Waals surface area (Å²) in [6, 6.07) is 2.67. The molecule has 1 saturated carbocycles. The number of halogens is 1. The van der Waals surface area contributed by atoms with Crippen molar-refractivity contribution in [3.05, 3.63) is 23.1 Å². The Kier molecular flexibility index (Phi) is 3.93. The fourth-order valence-corrected chi connectivity index (χ4v) is 3.80. The molecule has 1 aliphatic heterocycles. The summed E-state index contributed by atoms with van der Waals surface area (Å²) < 4.78 is 10.1. The quantitative estimate of drug-likeness (QED) is 0.788. The number of nitrogens with zero attached hydrogens (tertiary/aromatic N) is 1. The van der Waals surface area contributed by atoms with Gasteiger partial charge in [-0.25, -0.2) is 4.79 Å². The molecule has 3 rings (SSSR count). The van der Waals surface area contributed by atoms with Crippen LogP contribution in [0.3, 0.4) is 0 Å². The molecule has 1 aromatic heterocycles. The highest BCUT2D eigenvalue weighted by atomic mass is 35.5. The fourth-order valence-electron chi connectivity index (χ4n) is 3.66. The van der Waals surface area contributed by atoms with Crippen molar-refractivity contribution in [2.45, 2.75) is 44.2 Å². The van der Waals surface area contributed by atoms with E-state index >= 15 is 0 Å². The number of esters is 1. The summed E-state index contributed by atoms with van der Waals surface area (Å²) >= 11 is 5.75. The Morgan fingerprint density at radius 3 is 2.76 bits per heavy atom. The Balaban J connectivity index is 1.90. The zero-order valence-electron chi connectivity index (χ0n) is 11.9. The smallest absolute Gasteiger partial charge is 0.328 e. The Hall–Kier alpha value is -1.49. The van der Waals surface area contributed by atoms with Gasteiger partial charge >= 0.3 is 5.97 Å². The number of fused-ring (bicyclic) bond motifs is 1. The molecule has 1 amide bonds. The molecule has 0 radical (unpaired) electrons. The zero-order valence-corrected chi connectivity index (χ0v) is 12.6. The first-order chi connectivity index (χ1) is 10.1. The molecule has 2 aliphatic rings. The summed E-state index contributed by atoms with van der Waals surface area (Å²) in [5.74, 6) is -0.0699. The lowest BCUT2D eigenvalue weighted by molar-refractivity contribution is -0.145. The number of furan rings is 1. The number of amides is 1. The Bertz CT molecular complexity index is 556. The summed E-state index contributed by atoms with van der Waals surface area (Å²) in [5.41, 5.74) is 0. The van der Waals surface area contributed by atoms with Crippen LogP contribution >= 0.6 is 11.6 Å². The Labute approximate surface area is 128 Å². The number of carbonyl (C=O) groups is 2. The molecule has 6 heteroatoms. The van der Waals surface area contributed by atoms with Crippen molar-refractivity contribution in [3.8, 4) is 0 Å². The monoisotopic (exact) mass is 311 g/mol. The standard InChI is InChI=1S/C15H18ClNO4/c1-20-15(19)11-8-9-4-2-3-5-10(9)17(11)14(18)12-6-7-13(16)21-12/h6-7,9-11H,2-5,8H2,1H3. The van der Waals surface area contributed by atoms with Gasteiger partial charge in [-0.05, 0) is 48.9 Å². The zero-order chi connectivity index (χ0) is 15.0. The molecule has 3 unspecified atom stereocenters. The summed E-state index contributed by atoms with van der Waals surface area (Å²) in [6.07, 6.45) is 4.90. The van der Waals surface area contributed by atoms with E-state index in [4.69, 9.17) is 20.8 Å².